The average Bonchev–Trinajstić information content (AvgIpc) is 2.11. The maximum atomic E-state index is 12.8. The fourth-order valence-electron chi connectivity index (χ4n) is 1.79. The highest BCUT2D eigenvalue weighted by molar-refractivity contribution is 5.13. The van der Waals surface area contributed by atoms with Gasteiger partial charge in [-0.3, -0.25) is 4.98 Å². The summed E-state index contributed by atoms with van der Waals surface area (Å²) in [6.07, 6.45) is 6.53. The largest absolute Gasteiger partial charge is 0.388 e. The second kappa shape index (κ2) is 4.05. The lowest BCUT2D eigenvalue weighted by Gasteiger charge is -2.27. The van der Waals surface area contributed by atoms with Crippen LogP contribution in [-0.4, -0.2) is 10.1 Å². The maximum Gasteiger partial charge on any atom is 0.141 e. The van der Waals surface area contributed by atoms with Crippen molar-refractivity contribution < 1.29 is 9.50 Å². The number of aromatic nitrogens is 1. The Morgan fingerprint density at radius 1 is 1.50 bits per heavy atom. The average molecular weight is 195 g/mol. The fourth-order valence-corrected chi connectivity index (χ4v) is 1.79. The minimum Gasteiger partial charge on any atom is -0.388 e. The summed E-state index contributed by atoms with van der Waals surface area (Å²) in [5.74, 6) is 0.239. The monoisotopic (exact) mass is 195 g/mol. The molecule has 1 unspecified atom stereocenters. The van der Waals surface area contributed by atoms with Crippen LogP contribution in [0.2, 0.25) is 0 Å². The molecule has 1 aromatic rings. The van der Waals surface area contributed by atoms with Gasteiger partial charge in [0.1, 0.15) is 5.82 Å². The molecule has 0 spiro atoms. The zero-order valence-electron chi connectivity index (χ0n) is 7.99. The van der Waals surface area contributed by atoms with Gasteiger partial charge in [-0.05, 0) is 18.4 Å². The third-order valence-corrected chi connectivity index (χ3v) is 2.89. The highest BCUT2D eigenvalue weighted by atomic mass is 19.1. The molecule has 1 atom stereocenters. The number of hydrogen-bond acceptors (Lipinski definition) is 2. The van der Waals surface area contributed by atoms with E-state index in [1.807, 2.05) is 0 Å². The first kappa shape index (κ1) is 9.59. The molecule has 1 aromatic heterocycles. The molecule has 1 fully saturated rings. The Hall–Kier alpha value is -0.960. The SMILES string of the molecule is OC(CC1CCC1)c1cncc(F)c1. The predicted molar refractivity (Wildman–Crippen MR) is 51.1 cm³/mol. The molecule has 0 aromatic carbocycles. The van der Waals surface area contributed by atoms with Crippen molar-refractivity contribution in [2.75, 3.05) is 0 Å². The second-order valence-corrected chi connectivity index (χ2v) is 3.98. The molecule has 1 aliphatic carbocycles. The van der Waals surface area contributed by atoms with Crippen LogP contribution in [0.15, 0.2) is 18.5 Å². The molecule has 0 amide bonds. The van der Waals surface area contributed by atoms with Gasteiger partial charge in [0, 0.05) is 11.8 Å². The molecule has 1 N–H and O–H groups in total. The van der Waals surface area contributed by atoms with Gasteiger partial charge in [0.2, 0.25) is 0 Å². The Labute approximate surface area is 82.8 Å². The van der Waals surface area contributed by atoms with E-state index >= 15 is 0 Å². The Bertz CT molecular complexity index is 312. The number of halogens is 1. The smallest absolute Gasteiger partial charge is 0.141 e. The van der Waals surface area contributed by atoms with E-state index in [4.69, 9.17) is 0 Å². The number of aliphatic hydroxyl groups excluding tert-OH is 1. The highest BCUT2D eigenvalue weighted by Gasteiger charge is 2.21. The van der Waals surface area contributed by atoms with Gasteiger partial charge in [-0.1, -0.05) is 19.3 Å². The quantitative estimate of drug-likeness (QED) is 0.803. The van der Waals surface area contributed by atoms with Gasteiger partial charge in [0.15, 0.2) is 0 Å². The van der Waals surface area contributed by atoms with Crippen LogP contribution >= 0.6 is 0 Å². The minimum atomic E-state index is -0.552. The van der Waals surface area contributed by atoms with E-state index in [1.54, 1.807) is 0 Å². The summed E-state index contributed by atoms with van der Waals surface area (Å²) in [4.78, 5) is 3.72. The summed E-state index contributed by atoms with van der Waals surface area (Å²) in [6.45, 7) is 0. The number of hydrogen-bond donors (Lipinski definition) is 1. The van der Waals surface area contributed by atoms with Crippen molar-refractivity contribution in [1.82, 2.24) is 4.98 Å². The maximum absolute atomic E-state index is 12.8. The molecule has 2 rings (SSSR count). The van der Waals surface area contributed by atoms with Crippen molar-refractivity contribution >= 4 is 0 Å². The molecule has 1 heterocycles. The number of pyridine rings is 1. The third kappa shape index (κ3) is 2.10. The Balaban J connectivity index is 1.98. The second-order valence-electron chi connectivity index (χ2n) is 3.98. The van der Waals surface area contributed by atoms with Crippen LogP contribution in [0, 0.1) is 11.7 Å². The first-order valence-electron chi connectivity index (χ1n) is 5.04. The topological polar surface area (TPSA) is 33.1 Å². The van der Waals surface area contributed by atoms with Gasteiger partial charge >= 0.3 is 0 Å². The van der Waals surface area contributed by atoms with Gasteiger partial charge in [-0.25, -0.2) is 4.39 Å². The zero-order chi connectivity index (χ0) is 9.97. The number of nitrogens with zero attached hydrogens (tertiary/aromatic N) is 1. The van der Waals surface area contributed by atoms with Crippen molar-refractivity contribution in [1.29, 1.82) is 0 Å². The van der Waals surface area contributed by atoms with Gasteiger partial charge in [-0.15, -0.1) is 0 Å². The molecule has 14 heavy (non-hydrogen) atoms. The molecular weight excluding hydrogens is 181 g/mol. The van der Waals surface area contributed by atoms with Gasteiger partial charge in [-0.2, -0.15) is 0 Å². The summed E-state index contributed by atoms with van der Waals surface area (Å²) >= 11 is 0. The lowest BCUT2D eigenvalue weighted by molar-refractivity contribution is 0.118. The van der Waals surface area contributed by atoms with Crippen LogP contribution < -0.4 is 0 Å². The number of aliphatic hydroxyl groups is 1. The minimum absolute atomic E-state index is 0.379. The van der Waals surface area contributed by atoms with Crippen molar-refractivity contribution in [3.8, 4) is 0 Å². The van der Waals surface area contributed by atoms with Gasteiger partial charge in [0.05, 0.1) is 12.3 Å². The van der Waals surface area contributed by atoms with E-state index < -0.39 is 6.10 Å². The summed E-state index contributed by atoms with van der Waals surface area (Å²) in [5, 5.41) is 9.77. The molecule has 0 radical (unpaired) electrons. The molecule has 0 bridgehead atoms. The van der Waals surface area contributed by atoms with Crippen molar-refractivity contribution in [3.05, 3.63) is 29.8 Å². The van der Waals surface area contributed by atoms with Gasteiger partial charge < -0.3 is 5.11 Å². The Morgan fingerprint density at radius 2 is 2.29 bits per heavy atom. The molecular formula is C11H14FNO. The standard InChI is InChI=1S/C11H14FNO/c12-10-5-9(6-13-7-10)11(14)4-8-2-1-3-8/h5-8,11,14H,1-4H2. The van der Waals surface area contributed by atoms with Gasteiger partial charge in [0.25, 0.3) is 0 Å². The summed E-state index contributed by atoms with van der Waals surface area (Å²) in [6, 6.07) is 1.36. The first-order chi connectivity index (χ1) is 6.75. The van der Waals surface area contributed by atoms with Crippen LogP contribution in [0.25, 0.3) is 0 Å². The predicted octanol–water partition coefficient (Wildman–Crippen LogP) is 2.44. The first-order valence-corrected chi connectivity index (χ1v) is 5.04. The van der Waals surface area contributed by atoms with E-state index in [2.05, 4.69) is 4.98 Å². The molecule has 0 aliphatic heterocycles. The van der Waals surface area contributed by atoms with Crippen LogP contribution in [0.1, 0.15) is 37.4 Å². The summed E-state index contributed by atoms with van der Waals surface area (Å²) < 4.78 is 12.8. The molecule has 1 saturated carbocycles. The molecule has 1 aliphatic rings. The Morgan fingerprint density at radius 3 is 2.86 bits per heavy atom. The van der Waals surface area contributed by atoms with E-state index in [-0.39, 0.29) is 5.82 Å². The van der Waals surface area contributed by atoms with Crippen LogP contribution in [0.5, 0.6) is 0 Å². The lowest BCUT2D eigenvalue weighted by Crippen LogP contribution is -2.15. The fraction of sp³-hybridized carbons (Fsp3) is 0.545. The van der Waals surface area contributed by atoms with E-state index in [1.165, 1.54) is 31.5 Å². The van der Waals surface area contributed by atoms with E-state index in [0.717, 1.165) is 12.6 Å². The molecule has 3 heteroatoms. The van der Waals surface area contributed by atoms with Crippen LogP contribution in [0.3, 0.4) is 0 Å². The summed E-state index contributed by atoms with van der Waals surface area (Å²) in [7, 11) is 0. The van der Waals surface area contributed by atoms with Crippen molar-refractivity contribution in [2.45, 2.75) is 31.8 Å². The summed E-state index contributed by atoms with van der Waals surface area (Å²) in [5.41, 5.74) is 0.594. The van der Waals surface area contributed by atoms with Crippen molar-refractivity contribution in [2.24, 2.45) is 5.92 Å². The normalized spacial score (nSPS) is 19.0. The van der Waals surface area contributed by atoms with E-state index in [0.29, 0.717) is 11.5 Å². The van der Waals surface area contributed by atoms with Crippen molar-refractivity contribution in [3.63, 3.8) is 0 Å². The number of rotatable bonds is 3. The van der Waals surface area contributed by atoms with E-state index in [9.17, 15) is 9.50 Å². The Kier molecular flexibility index (Phi) is 2.77. The van der Waals surface area contributed by atoms with Crippen LogP contribution in [-0.2, 0) is 0 Å². The molecule has 2 nitrogen and oxygen atoms in total. The zero-order valence-corrected chi connectivity index (χ0v) is 7.99. The third-order valence-electron chi connectivity index (χ3n) is 2.89. The lowest BCUT2D eigenvalue weighted by atomic mass is 9.80. The van der Waals surface area contributed by atoms with Crippen LogP contribution in [0.4, 0.5) is 4.39 Å². The highest BCUT2D eigenvalue weighted by Crippen LogP contribution is 2.34. The molecule has 0 saturated heterocycles. The molecule has 76 valence electrons.